The zero-order valence-corrected chi connectivity index (χ0v) is 12.6. The predicted molar refractivity (Wildman–Crippen MR) is 79.5 cm³/mol. The van der Waals surface area contributed by atoms with E-state index in [1.54, 1.807) is 13.2 Å². The van der Waals surface area contributed by atoms with Crippen LogP contribution in [0.15, 0.2) is 46.9 Å². The van der Waals surface area contributed by atoms with Crippen LogP contribution in [0.25, 0.3) is 0 Å². The third-order valence-corrected chi connectivity index (χ3v) is 3.52. The van der Waals surface area contributed by atoms with Gasteiger partial charge in [0.05, 0.1) is 11.6 Å². The molecular weight excluding hydrogens is 325 g/mol. The topological polar surface area (TPSA) is 44.5 Å². The quantitative estimate of drug-likeness (QED) is 0.903. The van der Waals surface area contributed by atoms with E-state index in [0.29, 0.717) is 10.2 Å². The molecule has 0 aliphatic heterocycles. The molecule has 1 atom stereocenters. The van der Waals surface area contributed by atoms with Crippen molar-refractivity contribution in [1.29, 1.82) is 0 Å². The molecule has 0 radical (unpaired) electrons. The van der Waals surface area contributed by atoms with Gasteiger partial charge in [-0.3, -0.25) is 0 Å². The van der Waals surface area contributed by atoms with E-state index in [0.717, 1.165) is 11.3 Å². The second-order valence-corrected chi connectivity index (χ2v) is 5.04. The highest BCUT2D eigenvalue weighted by Crippen LogP contribution is 2.30. The summed E-state index contributed by atoms with van der Waals surface area (Å²) in [6, 6.07) is 11.7. The van der Waals surface area contributed by atoms with Crippen LogP contribution < -0.4 is 15.2 Å². The summed E-state index contributed by atoms with van der Waals surface area (Å²) in [5.41, 5.74) is 6.65. The van der Waals surface area contributed by atoms with Crippen LogP contribution in [0.2, 0.25) is 0 Å². The monoisotopic (exact) mass is 339 g/mol. The van der Waals surface area contributed by atoms with Crippen LogP contribution in [-0.2, 0) is 0 Å². The lowest BCUT2D eigenvalue weighted by atomic mass is 10.1. The number of methoxy groups -OCH3 is 1. The van der Waals surface area contributed by atoms with E-state index >= 15 is 0 Å². The molecule has 0 fully saturated rings. The van der Waals surface area contributed by atoms with Crippen molar-refractivity contribution in [3.63, 3.8) is 0 Å². The summed E-state index contributed by atoms with van der Waals surface area (Å²) in [6.07, 6.45) is -0.348. The molecule has 0 aliphatic carbocycles. The molecular formula is C15H15BrFNO2. The van der Waals surface area contributed by atoms with Gasteiger partial charge in [-0.15, -0.1) is 0 Å². The van der Waals surface area contributed by atoms with Crippen LogP contribution in [-0.4, -0.2) is 13.7 Å². The van der Waals surface area contributed by atoms with Crippen molar-refractivity contribution in [3.8, 4) is 11.5 Å². The number of hydrogen-bond acceptors (Lipinski definition) is 3. The Balaban J connectivity index is 2.21. The van der Waals surface area contributed by atoms with Crippen LogP contribution in [0.3, 0.4) is 0 Å². The largest absolute Gasteiger partial charge is 0.497 e. The molecule has 1 unspecified atom stereocenters. The van der Waals surface area contributed by atoms with Crippen LogP contribution in [0, 0.1) is 5.82 Å². The second-order valence-electron chi connectivity index (χ2n) is 4.19. The van der Waals surface area contributed by atoms with Crippen molar-refractivity contribution in [2.45, 2.75) is 6.10 Å². The molecule has 0 saturated carbocycles. The molecule has 0 amide bonds. The van der Waals surface area contributed by atoms with E-state index in [9.17, 15) is 4.39 Å². The first-order chi connectivity index (χ1) is 9.63. The van der Waals surface area contributed by atoms with E-state index in [1.807, 2.05) is 24.3 Å². The maximum atomic E-state index is 13.3. The predicted octanol–water partition coefficient (Wildman–Crippen LogP) is 3.68. The van der Waals surface area contributed by atoms with Gasteiger partial charge >= 0.3 is 0 Å². The smallest absolute Gasteiger partial charge is 0.137 e. The normalized spacial score (nSPS) is 12.0. The van der Waals surface area contributed by atoms with Crippen LogP contribution in [0.5, 0.6) is 11.5 Å². The van der Waals surface area contributed by atoms with Gasteiger partial charge in [0.1, 0.15) is 23.4 Å². The Morgan fingerprint density at radius 2 is 1.90 bits per heavy atom. The maximum absolute atomic E-state index is 13.3. The van der Waals surface area contributed by atoms with Gasteiger partial charge in [-0.25, -0.2) is 4.39 Å². The van der Waals surface area contributed by atoms with Crippen molar-refractivity contribution in [1.82, 2.24) is 0 Å². The minimum Gasteiger partial charge on any atom is -0.497 e. The summed E-state index contributed by atoms with van der Waals surface area (Å²) in [5, 5.41) is 0. The fourth-order valence-corrected chi connectivity index (χ4v) is 2.13. The molecule has 0 bridgehead atoms. The minimum atomic E-state index is -0.353. The molecule has 5 heteroatoms. The van der Waals surface area contributed by atoms with Crippen LogP contribution >= 0.6 is 15.9 Å². The average Bonchev–Trinajstić information content (AvgIpc) is 2.48. The molecule has 3 nitrogen and oxygen atoms in total. The van der Waals surface area contributed by atoms with Gasteiger partial charge in [-0.1, -0.05) is 12.1 Å². The summed E-state index contributed by atoms with van der Waals surface area (Å²) in [7, 11) is 1.61. The van der Waals surface area contributed by atoms with Gasteiger partial charge in [0.25, 0.3) is 0 Å². The lowest BCUT2D eigenvalue weighted by Gasteiger charge is -2.19. The number of ether oxygens (including phenoxy) is 2. The highest BCUT2D eigenvalue weighted by molar-refractivity contribution is 9.10. The Morgan fingerprint density at radius 1 is 1.20 bits per heavy atom. The van der Waals surface area contributed by atoms with Crippen molar-refractivity contribution < 1.29 is 13.9 Å². The molecule has 2 rings (SSSR count). The van der Waals surface area contributed by atoms with Crippen molar-refractivity contribution in [2.24, 2.45) is 5.73 Å². The van der Waals surface area contributed by atoms with E-state index < -0.39 is 0 Å². The first-order valence-electron chi connectivity index (χ1n) is 6.09. The third-order valence-electron chi connectivity index (χ3n) is 2.86. The third kappa shape index (κ3) is 3.49. The molecule has 0 heterocycles. The first kappa shape index (κ1) is 14.8. The fraction of sp³-hybridized carbons (Fsp3) is 0.200. The summed E-state index contributed by atoms with van der Waals surface area (Å²) < 4.78 is 24.8. The average molecular weight is 340 g/mol. The molecule has 0 aromatic heterocycles. The molecule has 2 aromatic rings. The molecule has 0 aliphatic rings. The molecule has 0 spiro atoms. The summed E-state index contributed by atoms with van der Waals surface area (Å²) >= 11 is 3.33. The van der Waals surface area contributed by atoms with Gasteiger partial charge in [0.2, 0.25) is 0 Å². The van der Waals surface area contributed by atoms with E-state index in [4.69, 9.17) is 15.2 Å². The summed E-state index contributed by atoms with van der Waals surface area (Å²) in [6.45, 7) is 0.287. The van der Waals surface area contributed by atoms with Gasteiger partial charge in [-0.2, -0.15) is 0 Å². The van der Waals surface area contributed by atoms with E-state index in [-0.39, 0.29) is 18.5 Å². The zero-order chi connectivity index (χ0) is 14.5. The molecule has 2 N–H and O–H groups in total. The van der Waals surface area contributed by atoms with Crippen molar-refractivity contribution in [2.75, 3.05) is 13.7 Å². The Kier molecular flexibility index (Phi) is 4.98. The van der Waals surface area contributed by atoms with Crippen molar-refractivity contribution >= 4 is 15.9 Å². The van der Waals surface area contributed by atoms with Crippen molar-refractivity contribution in [3.05, 3.63) is 58.3 Å². The van der Waals surface area contributed by atoms with E-state index in [2.05, 4.69) is 15.9 Å². The number of rotatable bonds is 5. The Hall–Kier alpha value is -1.59. The highest BCUT2D eigenvalue weighted by Gasteiger charge is 2.14. The Bertz CT molecular complexity index is 575. The minimum absolute atomic E-state index is 0.287. The van der Waals surface area contributed by atoms with Gasteiger partial charge in [-0.05, 0) is 45.8 Å². The molecule has 106 valence electrons. The second kappa shape index (κ2) is 6.72. The summed E-state index contributed by atoms with van der Waals surface area (Å²) in [4.78, 5) is 0. The first-order valence-corrected chi connectivity index (χ1v) is 6.89. The lowest BCUT2D eigenvalue weighted by Crippen LogP contribution is -2.18. The Labute approximate surface area is 125 Å². The molecule has 0 saturated heterocycles. The van der Waals surface area contributed by atoms with Gasteiger partial charge < -0.3 is 15.2 Å². The van der Waals surface area contributed by atoms with Crippen LogP contribution in [0.1, 0.15) is 11.7 Å². The number of benzene rings is 2. The standard InChI is InChI=1S/C15H15BrFNO2/c1-19-12-5-2-10(3-6-12)15(9-18)20-14-8-11(17)4-7-13(14)16/h2-8,15H,9,18H2,1H3. The number of hydrogen-bond donors (Lipinski definition) is 1. The lowest BCUT2D eigenvalue weighted by molar-refractivity contribution is 0.212. The fourth-order valence-electron chi connectivity index (χ4n) is 1.79. The van der Waals surface area contributed by atoms with Gasteiger partial charge in [0, 0.05) is 12.6 Å². The van der Waals surface area contributed by atoms with E-state index in [1.165, 1.54) is 12.1 Å². The number of nitrogens with two attached hydrogens (primary N) is 1. The Morgan fingerprint density at radius 3 is 2.50 bits per heavy atom. The number of halogens is 2. The van der Waals surface area contributed by atoms with Crippen LogP contribution in [0.4, 0.5) is 4.39 Å². The van der Waals surface area contributed by atoms with Gasteiger partial charge in [0.15, 0.2) is 0 Å². The highest BCUT2D eigenvalue weighted by atomic mass is 79.9. The molecule has 2 aromatic carbocycles. The zero-order valence-electron chi connectivity index (χ0n) is 11.0. The SMILES string of the molecule is COc1ccc(C(CN)Oc2cc(F)ccc2Br)cc1. The maximum Gasteiger partial charge on any atom is 0.137 e. The molecule has 20 heavy (non-hydrogen) atoms. The summed E-state index contributed by atoms with van der Waals surface area (Å²) in [5.74, 6) is 0.835.